The number of aliphatic hydroxyl groups excluding tert-OH is 2. The standard InChI is InChI=1S/C11H16N2O7S/c1-18-11(17,19-2)8-6(15)7(16)9(20-8)13-4-3-5(14)12-10(13)21/h3-4,6-9,15-17H,1-2H3,(H,12,14,21)/t6-,7+,8-,9+/m0/s1. The van der Waals surface area contributed by atoms with Crippen LogP contribution in [0, 0.1) is 4.77 Å². The maximum absolute atomic E-state index is 11.2. The molecular formula is C11H16N2O7S. The number of nitrogens with one attached hydrogen (secondary N) is 1. The quantitative estimate of drug-likeness (QED) is 0.389. The van der Waals surface area contributed by atoms with E-state index >= 15 is 0 Å². The fourth-order valence-corrected chi connectivity index (χ4v) is 2.40. The molecule has 1 aromatic rings. The molecule has 2 heterocycles. The zero-order valence-electron chi connectivity index (χ0n) is 11.3. The van der Waals surface area contributed by atoms with Crippen LogP contribution in [0.1, 0.15) is 6.23 Å². The summed E-state index contributed by atoms with van der Waals surface area (Å²) in [5, 5.41) is 30.2. The third kappa shape index (κ3) is 2.79. The third-order valence-electron chi connectivity index (χ3n) is 3.31. The predicted molar refractivity (Wildman–Crippen MR) is 70.8 cm³/mol. The van der Waals surface area contributed by atoms with E-state index in [0.717, 1.165) is 14.2 Å². The van der Waals surface area contributed by atoms with E-state index in [1.54, 1.807) is 0 Å². The molecule has 1 fully saturated rings. The Morgan fingerprint density at radius 1 is 1.38 bits per heavy atom. The van der Waals surface area contributed by atoms with Gasteiger partial charge in [0, 0.05) is 26.5 Å². The van der Waals surface area contributed by atoms with Gasteiger partial charge in [0.15, 0.2) is 17.1 Å². The fraction of sp³-hybridized carbons (Fsp3) is 0.636. The monoisotopic (exact) mass is 320 g/mol. The lowest BCUT2D eigenvalue weighted by molar-refractivity contribution is -0.389. The first-order chi connectivity index (χ1) is 9.84. The summed E-state index contributed by atoms with van der Waals surface area (Å²) in [6.45, 7) is 0. The van der Waals surface area contributed by atoms with Crippen molar-refractivity contribution in [2.45, 2.75) is 30.5 Å². The average Bonchev–Trinajstić information content (AvgIpc) is 2.75. The normalized spacial score (nSPS) is 29.8. The van der Waals surface area contributed by atoms with Gasteiger partial charge in [0.05, 0.1) is 0 Å². The lowest BCUT2D eigenvalue weighted by Crippen LogP contribution is -2.52. The first kappa shape index (κ1) is 16.2. The number of aliphatic hydroxyl groups is 3. The number of ether oxygens (including phenoxy) is 3. The Balaban J connectivity index is 2.36. The molecule has 1 saturated heterocycles. The summed E-state index contributed by atoms with van der Waals surface area (Å²) in [7, 11) is 2.32. The van der Waals surface area contributed by atoms with Gasteiger partial charge >= 0.3 is 5.97 Å². The van der Waals surface area contributed by atoms with Crippen LogP contribution in [0.15, 0.2) is 17.1 Å². The molecule has 118 valence electrons. The summed E-state index contributed by atoms with van der Waals surface area (Å²) in [4.78, 5) is 13.5. The van der Waals surface area contributed by atoms with Crippen molar-refractivity contribution in [3.8, 4) is 0 Å². The Kier molecular flexibility index (Phi) is 4.58. The average molecular weight is 320 g/mol. The highest BCUT2D eigenvalue weighted by Crippen LogP contribution is 2.35. The van der Waals surface area contributed by atoms with Crippen molar-refractivity contribution in [2.24, 2.45) is 0 Å². The lowest BCUT2D eigenvalue weighted by atomic mass is 10.1. The van der Waals surface area contributed by atoms with Crippen LogP contribution in [-0.2, 0) is 14.2 Å². The van der Waals surface area contributed by atoms with E-state index in [0.29, 0.717) is 0 Å². The summed E-state index contributed by atoms with van der Waals surface area (Å²) in [6, 6.07) is 1.18. The van der Waals surface area contributed by atoms with E-state index in [4.69, 9.17) is 26.4 Å². The highest BCUT2D eigenvalue weighted by molar-refractivity contribution is 7.71. The minimum Gasteiger partial charge on any atom is -0.387 e. The minimum atomic E-state index is -2.24. The lowest BCUT2D eigenvalue weighted by Gasteiger charge is -2.31. The van der Waals surface area contributed by atoms with E-state index in [1.165, 1.54) is 16.8 Å². The number of rotatable bonds is 4. The Morgan fingerprint density at radius 3 is 2.52 bits per heavy atom. The Bertz CT molecular complexity index is 611. The van der Waals surface area contributed by atoms with Crippen LogP contribution in [0.3, 0.4) is 0 Å². The molecule has 9 nitrogen and oxygen atoms in total. The van der Waals surface area contributed by atoms with Gasteiger partial charge in [-0.15, -0.1) is 0 Å². The molecule has 1 aliphatic heterocycles. The van der Waals surface area contributed by atoms with Gasteiger partial charge in [0.25, 0.3) is 5.56 Å². The summed E-state index contributed by atoms with van der Waals surface area (Å²) < 4.78 is 16.2. The molecule has 2 rings (SSSR count). The van der Waals surface area contributed by atoms with Crippen molar-refractivity contribution in [3.05, 3.63) is 27.4 Å². The minimum absolute atomic E-state index is 0.00206. The van der Waals surface area contributed by atoms with Crippen LogP contribution in [0.2, 0.25) is 0 Å². The van der Waals surface area contributed by atoms with Gasteiger partial charge in [-0.25, -0.2) is 0 Å². The maximum atomic E-state index is 11.2. The molecule has 4 atom stereocenters. The van der Waals surface area contributed by atoms with Crippen LogP contribution >= 0.6 is 12.2 Å². The highest BCUT2D eigenvalue weighted by atomic mass is 32.1. The molecule has 0 amide bonds. The number of methoxy groups -OCH3 is 2. The van der Waals surface area contributed by atoms with Crippen molar-refractivity contribution >= 4 is 12.2 Å². The van der Waals surface area contributed by atoms with Crippen LogP contribution in [-0.4, -0.2) is 63.4 Å². The molecule has 21 heavy (non-hydrogen) atoms. The van der Waals surface area contributed by atoms with Crippen LogP contribution in [0.25, 0.3) is 0 Å². The van der Waals surface area contributed by atoms with Gasteiger partial charge in [-0.3, -0.25) is 14.3 Å². The molecule has 4 N–H and O–H groups in total. The highest BCUT2D eigenvalue weighted by Gasteiger charge is 2.55. The Hall–Kier alpha value is -1.14. The maximum Gasteiger partial charge on any atom is 0.310 e. The number of aromatic amines is 1. The van der Waals surface area contributed by atoms with E-state index in [-0.39, 0.29) is 4.77 Å². The molecular weight excluding hydrogens is 304 g/mol. The van der Waals surface area contributed by atoms with E-state index in [9.17, 15) is 20.1 Å². The van der Waals surface area contributed by atoms with Crippen molar-refractivity contribution in [1.29, 1.82) is 0 Å². The van der Waals surface area contributed by atoms with Crippen molar-refractivity contribution in [3.63, 3.8) is 0 Å². The molecule has 1 aliphatic rings. The van der Waals surface area contributed by atoms with Crippen molar-refractivity contribution in [1.82, 2.24) is 9.55 Å². The number of hydrogen-bond donors (Lipinski definition) is 4. The van der Waals surface area contributed by atoms with Crippen LogP contribution in [0.5, 0.6) is 0 Å². The third-order valence-corrected chi connectivity index (χ3v) is 3.62. The number of aromatic nitrogens is 2. The van der Waals surface area contributed by atoms with Crippen molar-refractivity contribution < 1.29 is 29.5 Å². The van der Waals surface area contributed by atoms with E-state index in [2.05, 4.69) is 4.98 Å². The number of nitrogens with zero attached hydrogens (tertiary/aromatic N) is 1. The zero-order valence-corrected chi connectivity index (χ0v) is 12.1. The van der Waals surface area contributed by atoms with Gasteiger partial charge in [0.1, 0.15) is 12.2 Å². The van der Waals surface area contributed by atoms with E-state index in [1.807, 2.05) is 0 Å². The second kappa shape index (κ2) is 5.93. The fourth-order valence-electron chi connectivity index (χ4n) is 2.13. The van der Waals surface area contributed by atoms with Gasteiger partial charge < -0.3 is 29.5 Å². The number of hydrogen-bond acceptors (Lipinski definition) is 8. The molecule has 0 bridgehead atoms. The molecule has 0 aromatic carbocycles. The summed E-state index contributed by atoms with van der Waals surface area (Å²) in [5.41, 5.74) is -0.411. The molecule has 0 unspecified atom stereocenters. The van der Waals surface area contributed by atoms with Gasteiger partial charge in [-0.2, -0.15) is 0 Å². The molecule has 10 heteroatoms. The van der Waals surface area contributed by atoms with Crippen LogP contribution < -0.4 is 5.56 Å². The summed E-state index contributed by atoms with van der Waals surface area (Å²) in [6.07, 6.45) is -4.09. The number of H-pyrrole nitrogens is 1. The first-order valence-electron chi connectivity index (χ1n) is 6.00. The predicted octanol–water partition coefficient (Wildman–Crippen LogP) is -1.54. The second-order valence-corrected chi connectivity index (χ2v) is 4.87. The second-order valence-electron chi connectivity index (χ2n) is 4.48. The van der Waals surface area contributed by atoms with Crippen molar-refractivity contribution in [2.75, 3.05) is 14.2 Å². The summed E-state index contributed by atoms with van der Waals surface area (Å²) >= 11 is 4.97. The molecule has 0 radical (unpaired) electrons. The molecule has 0 saturated carbocycles. The topological polar surface area (TPSA) is 126 Å². The van der Waals surface area contributed by atoms with Gasteiger partial charge in [-0.05, 0) is 12.2 Å². The van der Waals surface area contributed by atoms with Crippen LogP contribution in [0.4, 0.5) is 0 Å². The molecule has 1 aromatic heterocycles. The SMILES string of the molecule is COC(O)(OC)[C@H]1O[C@@H](n2ccc(=O)[nH]c2=S)[C@H](O)[C@@H]1O. The van der Waals surface area contributed by atoms with Gasteiger partial charge in [0.2, 0.25) is 0 Å². The van der Waals surface area contributed by atoms with E-state index < -0.39 is 36.1 Å². The summed E-state index contributed by atoms with van der Waals surface area (Å²) in [5.74, 6) is -2.24. The smallest absolute Gasteiger partial charge is 0.310 e. The zero-order chi connectivity index (χ0) is 15.8. The van der Waals surface area contributed by atoms with Gasteiger partial charge in [-0.1, -0.05) is 0 Å². The molecule has 0 spiro atoms. The largest absolute Gasteiger partial charge is 0.387 e. The Morgan fingerprint density at radius 2 is 2.00 bits per heavy atom. The molecule has 0 aliphatic carbocycles. The first-order valence-corrected chi connectivity index (χ1v) is 6.40. The Labute approximate surface area is 124 Å².